The Labute approximate surface area is 146 Å². The van der Waals surface area contributed by atoms with Gasteiger partial charge in [-0.1, -0.05) is 12.1 Å². The molecular weight excluding hydrogens is 322 g/mol. The number of carbonyl (C=O) groups is 2. The fourth-order valence-electron chi connectivity index (χ4n) is 2.26. The van der Waals surface area contributed by atoms with Gasteiger partial charge in [-0.3, -0.25) is 4.79 Å². The van der Waals surface area contributed by atoms with Crippen LogP contribution in [0.5, 0.6) is 11.5 Å². The second-order valence-electron chi connectivity index (χ2n) is 5.76. The van der Waals surface area contributed by atoms with Crippen LogP contribution in [0.25, 0.3) is 0 Å². The summed E-state index contributed by atoms with van der Waals surface area (Å²) >= 11 is 0. The Morgan fingerprint density at radius 3 is 2.32 bits per heavy atom. The van der Waals surface area contributed by atoms with Crippen LogP contribution in [-0.4, -0.2) is 30.2 Å². The van der Waals surface area contributed by atoms with Gasteiger partial charge in [0, 0.05) is 11.8 Å². The topological polar surface area (TPSA) is 84.9 Å². The summed E-state index contributed by atoms with van der Waals surface area (Å²) in [4.78, 5) is 23.0. The molecule has 0 aliphatic heterocycles. The van der Waals surface area contributed by atoms with E-state index in [4.69, 9.17) is 14.6 Å². The molecule has 0 bridgehead atoms. The van der Waals surface area contributed by atoms with Crippen LogP contribution in [0, 0.1) is 0 Å². The maximum Gasteiger partial charge on any atom is 0.335 e. The van der Waals surface area contributed by atoms with Crippen molar-refractivity contribution < 1.29 is 24.2 Å². The lowest BCUT2D eigenvalue weighted by atomic mass is 10.1. The molecule has 0 unspecified atom stereocenters. The van der Waals surface area contributed by atoms with Gasteiger partial charge >= 0.3 is 5.97 Å². The first kappa shape index (κ1) is 18.3. The first-order chi connectivity index (χ1) is 11.9. The number of hydrogen-bond donors (Lipinski definition) is 2. The van der Waals surface area contributed by atoms with Crippen LogP contribution in [0.15, 0.2) is 42.5 Å². The molecule has 0 saturated carbocycles. The highest BCUT2D eigenvalue weighted by molar-refractivity contribution is 5.93. The van der Waals surface area contributed by atoms with E-state index < -0.39 is 5.97 Å². The van der Waals surface area contributed by atoms with Gasteiger partial charge in [0.25, 0.3) is 0 Å². The standard InChI is InChI=1S/C19H21NO5/c1-12(2)25-17-11-15(8-9-16(17)24-3)20-18(21)10-13-4-6-14(7-5-13)19(22)23/h4-9,11-12H,10H2,1-3H3,(H,20,21)(H,22,23). The zero-order valence-electron chi connectivity index (χ0n) is 14.4. The summed E-state index contributed by atoms with van der Waals surface area (Å²) in [5, 5.41) is 11.7. The molecule has 0 saturated heterocycles. The number of anilines is 1. The van der Waals surface area contributed by atoms with Crippen LogP contribution in [0.4, 0.5) is 5.69 Å². The summed E-state index contributed by atoms with van der Waals surface area (Å²) in [5.41, 5.74) is 1.52. The fourth-order valence-corrected chi connectivity index (χ4v) is 2.26. The van der Waals surface area contributed by atoms with Crippen molar-refractivity contribution in [3.63, 3.8) is 0 Å². The molecule has 25 heavy (non-hydrogen) atoms. The van der Waals surface area contributed by atoms with Gasteiger partial charge in [0.15, 0.2) is 11.5 Å². The lowest BCUT2D eigenvalue weighted by molar-refractivity contribution is -0.115. The average molecular weight is 343 g/mol. The van der Waals surface area contributed by atoms with Gasteiger partial charge in [0.05, 0.1) is 25.2 Å². The molecule has 0 radical (unpaired) electrons. The van der Waals surface area contributed by atoms with E-state index in [0.717, 1.165) is 5.56 Å². The van der Waals surface area contributed by atoms with Gasteiger partial charge in [-0.05, 0) is 43.7 Å². The highest BCUT2D eigenvalue weighted by atomic mass is 16.5. The molecule has 0 aliphatic carbocycles. The van der Waals surface area contributed by atoms with E-state index in [9.17, 15) is 9.59 Å². The number of rotatable bonds is 7. The van der Waals surface area contributed by atoms with E-state index in [0.29, 0.717) is 17.2 Å². The summed E-state index contributed by atoms with van der Waals surface area (Å²) in [6.07, 6.45) is 0.124. The van der Waals surface area contributed by atoms with Gasteiger partial charge in [-0.25, -0.2) is 4.79 Å². The van der Waals surface area contributed by atoms with Crippen molar-refractivity contribution >= 4 is 17.6 Å². The van der Waals surface area contributed by atoms with E-state index >= 15 is 0 Å². The fraction of sp³-hybridized carbons (Fsp3) is 0.263. The van der Waals surface area contributed by atoms with Crippen molar-refractivity contribution in [1.82, 2.24) is 0 Å². The highest BCUT2D eigenvalue weighted by Crippen LogP contribution is 2.31. The molecule has 0 atom stereocenters. The van der Waals surface area contributed by atoms with Crippen molar-refractivity contribution in [2.24, 2.45) is 0 Å². The summed E-state index contributed by atoms with van der Waals surface area (Å²) < 4.78 is 10.9. The van der Waals surface area contributed by atoms with Crippen molar-refractivity contribution in [2.45, 2.75) is 26.4 Å². The first-order valence-corrected chi connectivity index (χ1v) is 7.86. The Balaban J connectivity index is 2.05. The van der Waals surface area contributed by atoms with Crippen LogP contribution in [0.1, 0.15) is 29.8 Å². The zero-order valence-corrected chi connectivity index (χ0v) is 14.4. The number of aromatic carboxylic acids is 1. The number of ether oxygens (including phenoxy) is 2. The number of carboxylic acids is 1. The third kappa shape index (κ3) is 5.24. The van der Waals surface area contributed by atoms with Gasteiger partial charge in [0.2, 0.25) is 5.91 Å². The normalized spacial score (nSPS) is 10.4. The summed E-state index contributed by atoms with van der Waals surface area (Å²) in [7, 11) is 1.56. The van der Waals surface area contributed by atoms with Gasteiger partial charge in [-0.15, -0.1) is 0 Å². The van der Waals surface area contributed by atoms with Gasteiger partial charge in [0.1, 0.15) is 0 Å². The molecule has 0 aliphatic rings. The van der Waals surface area contributed by atoms with Gasteiger partial charge in [-0.2, -0.15) is 0 Å². The SMILES string of the molecule is COc1ccc(NC(=O)Cc2ccc(C(=O)O)cc2)cc1OC(C)C. The molecule has 0 spiro atoms. The van der Waals surface area contributed by atoms with Crippen LogP contribution in [0.2, 0.25) is 0 Å². The third-order valence-corrected chi connectivity index (χ3v) is 3.38. The Hall–Kier alpha value is -3.02. The summed E-state index contributed by atoms with van der Waals surface area (Å²) in [6.45, 7) is 3.82. The Morgan fingerprint density at radius 1 is 1.08 bits per heavy atom. The molecule has 6 heteroatoms. The molecule has 2 rings (SSSR count). The molecule has 2 aromatic rings. The second-order valence-corrected chi connectivity index (χ2v) is 5.76. The predicted molar refractivity (Wildman–Crippen MR) is 94.5 cm³/mol. The summed E-state index contributed by atoms with van der Waals surface area (Å²) in [5.74, 6) is -0.0484. The zero-order chi connectivity index (χ0) is 18.4. The van der Waals surface area contributed by atoms with Crippen molar-refractivity contribution in [2.75, 3.05) is 12.4 Å². The molecule has 0 heterocycles. The van der Waals surface area contributed by atoms with Crippen LogP contribution in [-0.2, 0) is 11.2 Å². The minimum Gasteiger partial charge on any atom is -0.493 e. The highest BCUT2D eigenvalue weighted by Gasteiger charge is 2.10. The lowest BCUT2D eigenvalue weighted by Crippen LogP contribution is -2.15. The van der Waals surface area contributed by atoms with Gasteiger partial charge < -0.3 is 19.9 Å². The van der Waals surface area contributed by atoms with Crippen molar-refractivity contribution in [1.29, 1.82) is 0 Å². The van der Waals surface area contributed by atoms with E-state index in [1.54, 1.807) is 37.4 Å². The van der Waals surface area contributed by atoms with Crippen molar-refractivity contribution in [3.8, 4) is 11.5 Å². The molecular formula is C19H21NO5. The van der Waals surface area contributed by atoms with E-state index in [2.05, 4.69) is 5.32 Å². The smallest absolute Gasteiger partial charge is 0.335 e. The number of amides is 1. The number of carboxylic acid groups (broad SMARTS) is 1. The van der Waals surface area contributed by atoms with Crippen LogP contribution >= 0.6 is 0 Å². The number of benzene rings is 2. The lowest BCUT2D eigenvalue weighted by Gasteiger charge is -2.15. The monoisotopic (exact) mass is 343 g/mol. The number of nitrogens with one attached hydrogen (secondary N) is 1. The maximum atomic E-state index is 12.2. The third-order valence-electron chi connectivity index (χ3n) is 3.38. The van der Waals surface area contributed by atoms with Crippen molar-refractivity contribution in [3.05, 3.63) is 53.6 Å². The number of hydrogen-bond acceptors (Lipinski definition) is 4. The van der Waals surface area contributed by atoms with E-state index in [-0.39, 0.29) is 24.0 Å². The maximum absolute atomic E-state index is 12.2. The number of methoxy groups -OCH3 is 1. The Bertz CT molecular complexity index is 753. The average Bonchev–Trinajstić information content (AvgIpc) is 2.55. The molecule has 0 fully saturated rings. The summed E-state index contributed by atoms with van der Waals surface area (Å²) in [6, 6.07) is 11.4. The van der Waals surface area contributed by atoms with E-state index in [1.165, 1.54) is 12.1 Å². The largest absolute Gasteiger partial charge is 0.493 e. The number of carbonyl (C=O) groups excluding carboxylic acids is 1. The molecule has 2 N–H and O–H groups in total. The minimum atomic E-state index is -0.994. The second kappa shape index (κ2) is 8.19. The van der Waals surface area contributed by atoms with E-state index in [1.807, 2.05) is 13.8 Å². The molecule has 132 valence electrons. The van der Waals surface area contributed by atoms with Crippen LogP contribution in [0.3, 0.4) is 0 Å². The molecule has 1 amide bonds. The molecule has 2 aromatic carbocycles. The minimum absolute atomic E-state index is 0.0207. The Morgan fingerprint density at radius 2 is 1.76 bits per heavy atom. The Kier molecular flexibility index (Phi) is 6.00. The predicted octanol–water partition coefficient (Wildman–Crippen LogP) is 3.36. The molecule has 6 nitrogen and oxygen atoms in total. The molecule has 0 aromatic heterocycles. The van der Waals surface area contributed by atoms with Crippen LogP contribution < -0.4 is 14.8 Å². The quantitative estimate of drug-likeness (QED) is 0.805. The first-order valence-electron chi connectivity index (χ1n) is 7.86.